The number of carboxylic acid groups (broad SMARTS) is 1. The van der Waals surface area contributed by atoms with Gasteiger partial charge in [-0.3, -0.25) is 24.0 Å². The van der Waals surface area contributed by atoms with Gasteiger partial charge in [-0.1, -0.05) is 77.8 Å². The first-order valence-corrected chi connectivity index (χ1v) is 16.7. The molecule has 13 heteroatoms. The summed E-state index contributed by atoms with van der Waals surface area (Å²) >= 11 is 0. The van der Waals surface area contributed by atoms with Crippen LogP contribution >= 0.6 is 0 Å². The summed E-state index contributed by atoms with van der Waals surface area (Å²) in [6.45, 7) is 10.2. The van der Waals surface area contributed by atoms with Gasteiger partial charge in [-0.05, 0) is 55.5 Å². The van der Waals surface area contributed by atoms with Gasteiger partial charge in [-0.15, -0.1) is 0 Å². The predicted octanol–water partition coefficient (Wildman–Crippen LogP) is 1.03. The van der Waals surface area contributed by atoms with Crippen LogP contribution in [0.25, 0.3) is 0 Å². The number of benzene rings is 1. The number of unbranched alkanes of at least 4 members (excludes halogenated alkanes) is 2. The van der Waals surface area contributed by atoms with Crippen LogP contribution in [0.2, 0.25) is 0 Å². The molecule has 4 atom stereocenters. The first kappa shape index (κ1) is 39.6. The Morgan fingerprint density at radius 1 is 0.872 bits per heavy atom. The van der Waals surface area contributed by atoms with E-state index in [9.17, 15) is 29.1 Å². The van der Waals surface area contributed by atoms with Crippen LogP contribution in [0.3, 0.4) is 0 Å². The van der Waals surface area contributed by atoms with Crippen LogP contribution in [0.15, 0.2) is 30.3 Å². The van der Waals surface area contributed by atoms with E-state index < -0.39 is 58.8 Å². The third-order valence-corrected chi connectivity index (χ3v) is 8.68. The summed E-state index contributed by atoms with van der Waals surface area (Å²) in [6.07, 6.45) is 3.20. The van der Waals surface area contributed by atoms with Crippen molar-refractivity contribution in [3.8, 4) is 0 Å². The summed E-state index contributed by atoms with van der Waals surface area (Å²) < 4.78 is 0. The molecule has 4 amide bonds. The van der Waals surface area contributed by atoms with E-state index in [1.807, 2.05) is 65.0 Å². The lowest BCUT2D eigenvalue weighted by Gasteiger charge is -2.38. The van der Waals surface area contributed by atoms with Crippen molar-refractivity contribution in [2.45, 2.75) is 116 Å². The Labute approximate surface area is 279 Å². The molecular formula is C34H57N7O6. The third kappa shape index (κ3) is 12.5. The van der Waals surface area contributed by atoms with Crippen molar-refractivity contribution < 1.29 is 29.1 Å². The highest BCUT2D eigenvalue weighted by molar-refractivity contribution is 5.95. The smallest absolute Gasteiger partial charge is 0.323 e. The molecule has 0 aromatic heterocycles. The van der Waals surface area contributed by atoms with Gasteiger partial charge in [0, 0.05) is 19.5 Å². The number of hydrogen-bond donors (Lipinski definition) is 7. The molecule has 1 heterocycles. The molecule has 0 saturated carbocycles. The maximum Gasteiger partial charge on any atom is 0.323 e. The average molecular weight is 660 g/mol. The van der Waals surface area contributed by atoms with Gasteiger partial charge in [0.25, 0.3) is 0 Å². The van der Waals surface area contributed by atoms with Gasteiger partial charge in [0.1, 0.15) is 23.7 Å². The first-order valence-electron chi connectivity index (χ1n) is 16.7. The summed E-state index contributed by atoms with van der Waals surface area (Å²) in [5.74, 6) is -2.95. The van der Waals surface area contributed by atoms with Crippen LogP contribution in [0.1, 0.15) is 85.1 Å². The molecule has 1 aliphatic rings. The third-order valence-electron chi connectivity index (χ3n) is 8.68. The lowest BCUT2D eigenvalue weighted by molar-refractivity contribution is -0.148. The fraction of sp³-hybridized carbons (Fsp3) is 0.676. The van der Waals surface area contributed by atoms with Crippen molar-refractivity contribution >= 4 is 29.6 Å². The number of amides is 4. The molecule has 10 N–H and O–H groups in total. The molecule has 0 bridgehead atoms. The zero-order valence-electron chi connectivity index (χ0n) is 28.7. The molecule has 1 aliphatic heterocycles. The minimum Gasteiger partial charge on any atom is -0.480 e. The number of carbonyl (C=O) groups excluding carboxylic acids is 4. The van der Waals surface area contributed by atoms with Crippen LogP contribution in [0, 0.1) is 11.3 Å². The molecule has 2 rings (SSSR count). The van der Waals surface area contributed by atoms with Crippen LogP contribution in [0.5, 0.6) is 0 Å². The van der Waals surface area contributed by atoms with E-state index >= 15 is 0 Å². The van der Waals surface area contributed by atoms with E-state index in [-0.39, 0.29) is 50.6 Å². The van der Waals surface area contributed by atoms with Crippen molar-refractivity contribution in [3.63, 3.8) is 0 Å². The first-order chi connectivity index (χ1) is 22.0. The maximum atomic E-state index is 13.8. The second kappa shape index (κ2) is 18.1. The summed E-state index contributed by atoms with van der Waals surface area (Å²) in [5, 5.41) is 18.0. The highest BCUT2D eigenvalue weighted by Gasteiger charge is 2.40. The van der Waals surface area contributed by atoms with E-state index in [1.165, 1.54) is 0 Å². The van der Waals surface area contributed by atoms with E-state index in [4.69, 9.17) is 17.2 Å². The van der Waals surface area contributed by atoms with Gasteiger partial charge in [0.2, 0.25) is 23.6 Å². The van der Waals surface area contributed by atoms with Crippen LogP contribution in [0.4, 0.5) is 0 Å². The van der Waals surface area contributed by atoms with Gasteiger partial charge >= 0.3 is 5.97 Å². The Bertz CT molecular complexity index is 1200. The van der Waals surface area contributed by atoms with Crippen molar-refractivity contribution in [2.24, 2.45) is 28.5 Å². The number of nitrogens with one attached hydrogen (secondary N) is 3. The van der Waals surface area contributed by atoms with Gasteiger partial charge in [0.15, 0.2) is 0 Å². The number of carboxylic acids is 1. The molecule has 1 saturated heterocycles. The fourth-order valence-electron chi connectivity index (χ4n) is 5.45. The minimum atomic E-state index is -1.40. The number of rotatable bonds is 17. The van der Waals surface area contributed by atoms with Gasteiger partial charge in [-0.25, -0.2) is 0 Å². The second-order valence-electron chi connectivity index (χ2n) is 14.3. The van der Waals surface area contributed by atoms with Crippen molar-refractivity contribution in [1.29, 1.82) is 0 Å². The SMILES string of the molecule is CC(C)C[C@@H](NC(=O)[C@@H](Cc1ccccc1)NC(=O)[C@H](N)C(C)(C)C)C(=O)N[C@H](CCCCCN)C(=O)N1CCC(N)(C(=O)O)CC1. The molecule has 1 aromatic carbocycles. The molecule has 0 radical (unpaired) electrons. The Balaban J connectivity index is 2.27. The maximum absolute atomic E-state index is 13.8. The molecule has 0 unspecified atom stereocenters. The quantitative estimate of drug-likeness (QED) is 0.118. The largest absolute Gasteiger partial charge is 0.480 e. The lowest BCUT2D eigenvalue weighted by atomic mass is 9.86. The average Bonchev–Trinajstić information content (AvgIpc) is 3.01. The Morgan fingerprint density at radius 2 is 1.43 bits per heavy atom. The van der Waals surface area contributed by atoms with Crippen LogP contribution in [-0.2, 0) is 30.4 Å². The highest BCUT2D eigenvalue weighted by atomic mass is 16.4. The number of likely N-dealkylation sites (tertiary alicyclic amines) is 1. The Hall–Kier alpha value is -3.55. The molecule has 1 fully saturated rings. The normalized spacial score (nSPS) is 17.3. The number of piperidine rings is 1. The van der Waals surface area contributed by atoms with Crippen molar-refractivity contribution in [2.75, 3.05) is 19.6 Å². The summed E-state index contributed by atoms with van der Waals surface area (Å²) in [6, 6.07) is 5.48. The topological polar surface area (TPSA) is 223 Å². The predicted molar refractivity (Wildman–Crippen MR) is 181 cm³/mol. The van der Waals surface area contributed by atoms with Gasteiger partial charge in [0.05, 0.1) is 6.04 Å². The molecule has 1 aromatic rings. The van der Waals surface area contributed by atoms with Crippen LogP contribution < -0.4 is 33.2 Å². The lowest BCUT2D eigenvalue weighted by Crippen LogP contribution is -2.61. The fourth-order valence-corrected chi connectivity index (χ4v) is 5.45. The van der Waals surface area contributed by atoms with E-state index in [2.05, 4.69) is 16.0 Å². The zero-order chi connectivity index (χ0) is 35.4. The highest BCUT2D eigenvalue weighted by Crippen LogP contribution is 2.22. The van der Waals surface area contributed by atoms with Crippen LogP contribution in [-0.4, -0.2) is 88.9 Å². The monoisotopic (exact) mass is 659 g/mol. The number of aliphatic carboxylic acids is 1. The summed E-state index contributed by atoms with van der Waals surface area (Å²) in [5.41, 5.74) is 16.7. The minimum absolute atomic E-state index is 0.0111. The standard InChI is InChI=1S/C34H57N7O6/c1-22(2)20-25(39-29(43)26(21-23-12-8-6-9-13-23)40-30(44)27(36)33(3,4)5)28(42)38-24(14-10-7-11-17-35)31(45)41-18-15-34(37,16-19-41)32(46)47/h6,8-9,12-13,22,24-27H,7,10-11,14-21,35-37H2,1-5H3,(H,38,42)(H,39,43)(H,40,44)(H,46,47)/t24-,25-,26-,27+/m1/s1. The summed E-state index contributed by atoms with van der Waals surface area (Å²) in [7, 11) is 0. The van der Waals surface area contributed by atoms with Crippen molar-refractivity contribution in [1.82, 2.24) is 20.9 Å². The molecule has 47 heavy (non-hydrogen) atoms. The van der Waals surface area contributed by atoms with E-state index in [0.29, 0.717) is 19.4 Å². The number of nitrogens with zero attached hydrogens (tertiary/aromatic N) is 1. The van der Waals surface area contributed by atoms with E-state index in [0.717, 1.165) is 18.4 Å². The number of hydrogen-bond acceptors (Lipinski definition) is 8. The molecule has 264 valence electrons. The second-order valence-corrected chi connectivity index (χ2v) is 14.3. The molecule has 0 spiro atoms. The Morgan fingerprint density at radius 3 is 1.96 bits per heavy atom. The number of carbonyl (C=O) groups is 5. The Kier molecular flexibility index (Phi) is 15.3. The van der Waals surface area contributed by atoms with E-state index in [1.54, 1.807) is 4.90 Å². The molecule has 13 nitrogen and oxygen atoms in total. The number of nitrogens with two attached hydrogens (primary N) is 3. The van der Waals surface area contributed by atoms with Gasteiger partial charge in [-0.2, -0.15) is 0 Å². The van der Waals surface area contributed by atoms with Gasteiger partial charge < -0.3 is 43.2 Å². The summed E-state index contributed by atoms with van der Waals surface area (Å²) in [4.78, 5) is 67.5. The van der Waals surface area contributed by atoms with Crippen molar-refractivity contribution in [3.05, 3.63) is 35.9 Å². The molecule has 0 aliphatic carbocycles. The zero-order valence-corrected chi connectivity index (χ0v) is 28.7. The molecular weight excluding hydrogens is 602 g/mol.